The van der Waals surface area contributed by atoms with Gasteiger partial charge in [0.1, 0.15) is 17.4 Å². The van der Waals surface area contributed by atoms with Gasteiger partial charge in [-0.3, -0.25) is 4.79 Å². The van der Waals surface area contributed by atoms with E-state index in [0.29, 0.717) is 16.2 Å². The van der Waals surface area contributed by atoms with Crippen LogP contribution in [0.5, 0.6) is 0 Å². The Bertz CT molecular complexity index is 1280. The number of rotatable bonds is 5. The minimum absolute atomic E-state index is 0.236. The Morgan fingerprint density at radius 3 is 2.62 bits per heavy atom. The number of hydrogen-bond donors (Lipinski definition) is 0. The van der Waals surface area contributed by atoms with Gasteiger partial charge in [0.2, 0.25) is 0 Å². The average Bonchev–Trinajstić information content (AvgIpc) is 3.01. The van der Waals surface area contributed by atoms with Crippen LogP contribution in [0.3, 0.4) is 0 Å². The quantitative estimate of drug-likeness (QED) is 0.471. The molecule has 2 heterocycles. The summed E-state index contributed by atoms with van der Waals surface area (Å²) in [4.78, 5) is 30.5. The Morgan fingerprint density at radius 2 is 1.90 bits per heavy atom. The molecule has 0 aliphatic rings. The first-order valence-electron chi connectivity index (χ1n) is 8.90. The highest BCUT2D eigenvalue weighted by Crippen LogP contribution is 2.31. The third-order valence-corrected chi connectivity index (χ3v) is 5.63. The lowest BCUT2D eigenvalue weighted by Gasteiger charge is -2.06. The van der Waals surface area contributed by atoms with Crippen LogP contribution in [-0.2, 0) is 6.54 Å². The highest BCUT2D eigenvalue weighted by molar-refractivity contribution is 7.99. The van der Waals surface area contributed by atoms with Crippen LogP contribution in [0.25, 0.3) is 5.65 Å². The van der Waals surface area contributed by atoms with Crippen molar-refractivity contribution >= 4 is 23.2 Å². The predicted molar refractivity (Wildman–Crippen MR) is 108 cm³/mol. The predicted octanol–water partition coefficient (Wildman–Crippen LogP) is 3.68. The highest BCUT2D eigenvalue weighted by Gasteiger charge is 2.16. The molecule has 4 aromatic rings. The van der Waals surface area contributed by atoms with Crippen molar-refractivity contribution in [1.82, 2.24) is 19.2 Å². The van der Waals surface area contributed by atoms with Gasteiger partial charge in [0.25, 0.3) is 0 Å². The van der Waals surface area contributed by atoms with Crippen molar-refractivity contribution in [2.75, 3.05) is 0 Å². The summed E-state index contributed by atoms with van der Waals surface area (Å²) in [5.74, 6) is -0.752. The number of carbonyl (C=O) groups is 1. The van der Waals surface area contributed by atoms with Crippen LogP contribution in [0.2, 0.25) is 0 Å². The minimum Gasteiger partial charge on any atom is -0.292 e. The Labute approximate surface area is 170 Å². The number of Topliss-reactive ketones (excluding diaryl/α,β-unsaturated/α-hetero) is 1. The molecule has 8 heteroatoms. The molecule has 0 amide bonds. The zero-order valence-electron chi connectivity index (χ0n) is 15.8. The molecule has 0 unspecified atom stereocenters. The molecule has 0 N–H and O–H groups in total. The van der Waals surface area contributed by atoms with E-state index >= 15 is 0 Å². The molecule has 0 saturated heterocycles. The monoisotopic (exact) mass is 408 g/mol. The van der Waals surface area contributed by atoms with Crippen molar-refractivity contribution in [3.05, 3.63) is 87.9 Å². The summed E-state index contributed by atoms with van der Waals surface area (Å²) in [6, 6.07) is 11.3. The number of benzene rings is 2. The minimum atomic E-state index is -0.430. The number of nitrogens with zero attached hydrogens (tertiary/aromatic N) is 4. The second kappa shape index (κ2) is 7.63. The first kappa shape index (κ1) is 19.1. The van der Waals surface area contributed by atoms with E-state index in [1.165, 1.54) is 52.8 Å². The molecule has 6 nitrogen and oxygen atoms in total. The normalized spacial score (nSPS) is 11.1. The van der Waals surface area contributed by atoms with Gasteiger partial charge in [-0.1, -0.05) is 29.5 Å². The summed E-state index contributed by atoms with van der Waals surface area (Å²) in [5.41, 5.74) is 2.54. The van der Waals surface area contributed by atoms with Crippen LogP contribution < -0.4 is 5.69 Å². The molecule has 0 bridgehead atoms. The van der Waals surface area contributed by atoms with Crippen LogP contribution in [-0.4, -0.2) is 24.9 Å². The maximum atomic E-state index is 13.1. The summed E-state index contributed by atoms with van der Waals surface area (Å²) in [6.07, 6.45) is 3.06. The average molecular weight is 408 g/mol. The van der Waals surface area contributed by atoms with Crippen molar-refractivity contribution in [3.63, 3.8) is 0 Å². The molecule has 0 aliphatic carbocycles. The summed E-state index contributed by atoms with van der Waals surface area (Å²) in [5, 5.41) is 4.90. The first-order valence-corrected chi connectivity index (χ1v) is 9.72. The highest BCUT2D eigenvalue weighted by atomic mass is 32.2. The van der Waals surface area contributed by atoms with Gasteiger partial charge in [-0.25, -0.2) is 23.3 Å². The lowest BCUT2D eigenvalue weighted by molar-refractivity contribution is 0.0966. The third-order valence-electron chi connectivity index (χ3n) is 4.47. The summed E-state index contributed by atoms with van der Waals surface area (Å²) >= 11 is 1.42. The molecule has 0 fully saturated rings. The first-order chi connectivity index (χ1) is 13.9. The van der Waals surface area contributed by atoms with Crippen LogP contribution >= 0.6 is 11.8 Å². The van der Waals surface area contributed by atoms with Crippen molar-refractivity contribution in [1.29, 1.82) is 0 Å². The van der Waals surface area contributed by atoms with E-state index in [4.69, 9.17) is 0 Å². The maximum Gasteiger partial charge on any atom is 0.350 e. The van der Waals surface area contributed by atoms with Gasteiger partial charge in [0, 0.05) is 22.9 Å². The zero-order valence-corrected chi connectivity index (χ0v) is 16.6. The van der Waals surface area contributed by atoms with Gasteiger partial charge in [-0.15, -0.1) is 5.10 Å². The van der Waals surface area contributed by atoms with E-state index in [9.17, 15) is 14.0 Å². The van der Waals surface area contributed by atoms with Crippen molar-refractivity contribution in [3.8, 4) is 0 Å². The van der Waals surface area contributed by atoms with Gasteiger partial charge in [0.15, 0.2) is 11.4 Å². The van der Waals surface area contributed by atoms with Gasteiger partial charge >= 0.3 is 5.69 Å². The van der Waals surface area contributed by atoms with Gasteiger partial charge in [-0.05, 0) is 49.7 Å². The van der Waals surface area contributed by atoms with Crippen LogP contribution in [0, 0.1) is 19.7 Å². The lowest BCUT2D eigenvalue weighted by atomic mass is 10.1. The Hall–Kier alpha value is -3.26. The molecule has 29 heavy (non-hydrogen) atoms. The van der Waals surface area contributed by atoms with Gasteiger partial charge < -0.3 is 0 Å². The van der Waals surface area contributed by atoms with Crippen LogP contribution in [0.1, 0.15) is 21.5 Å². The van der Waals surface area contributed by atoms with Crippen molar-refractivity contribution in [2.24, 2.45) is 0 Å². The van der Waals surface area contributed by atoms with E-state index in [-0.39, 0.29) is 12.3 Å². The molecular weight excluding hydrogens is 391 g/mol. The summed E-state index contributed by atoms with van der Waals surface area (Å²) in [7, 11) is 0. The van der Waals surface area contributed by atoms with Gasteiger partial charge in [0.05, 0.1) is 0 Å². The molecule has 0 spiro atoms. The third kappa shape index (κ3) is 3.84. The SMILES string of the molecule is Cc1ccc(Sc2nccn3c(=O)n(CC(=O)c4ccc(F)cc4)nc23)c(C)c1. The fraction of sp³-hybridized carbons (Fsp3) is 0.143. The molecule has 0 atom stereocenters. The summed E-state index contributed by atoms with van der Waals surface area (Å²) in [6.45, 7) is 3.81. The van der Waals surface area contributed by atoms with E-state index in [1.807, 2.05) is 26.0 Å². The number of aryl methyl sites for hydroxylation is 2. The molecule has 2 aromatic carbocycles. The number of halogens is 1. The maximum absolute atomic E-state index is 13.1. The number of hydrogen-bond acceptors (Lipinski definition) is 5. The van der Waals surface area contributed by atoms with Gasteiger partial charge in [-0.2, -0.15) is 0 Å². The van der Waals surface area contributed by atoms with E-state index < -0.39 is 11.5 Å². The molecule has 4 rings (SSSR count). The Balaban J connectivity index is 1.68. The van der Waals surface area contributed by atoms with Crippen LogP contribution in [0.15, 0.2) is 69.6 Å². The Kier molecular flexibility index (Phi) is 5.02. The fourth-order valence-corrected chi connectivity index (χ4v) is 3.89. The number of aromatic nitrogens is 4. The number of fused-ring (bicyclic) bond motifs is 1. The molecule has 146 valence electrons. The standard InChI is InChI=1S/C21H17FN4O2S/c1-13-3-8-18(14(2)11-13)29-20-19-24-26(21(28)25(19)10-9-23-20)12-17(27)15-4-6-16(22)7-5-15/h3-11H,12H2,1-2H3. The second-order valence-corrected chi connectivity index (χ2v) is 7.70. The molecule has 0 saturated carbocycles. The Morgan fingerprint density at radius 1 is 1.14 bits per heavy atom. The molecule has 0 aliphatic heterocycles. The smallest absolute Gasteiger partial charge is 0.292 e. The number of carbonyl (C=O) groups excluding carboxylic acids is 1. The fourth-order valence-electron chi connectivity index (χ4n) is 2.98. The molecule has 0 radical (unpaired) electrons. The summed E-state index contributed by atoms with van der Waals surface area (Å²) < 4.78 is 15.5. The zero-order chi connectivity index (χ0) is 20.5. The number of ketones is 1. The van der Waals surface area contributed by atoms with E-state index in [0.717, 1.165) is 20.7 Å². The second-order valence-electron chi connectivity index (χ2n) is 6.67. The van der Waals surface area contributed by atoms with Crippen molar-refractivity contribution < 1.29 is 9.18 Å². The van der Waals surface area contributed by atoms with Crippen LogP contribution in [0.4, 0.5) is 4.39 Å². The van der Waals surface area contributed by atoms with E-state index in [1.54, 1.807) is 0 Å². The topological polar surface area (TPSA) is 69.3 Å². The molecule has 2 aromatic heterocycles. The van der Waals surface area contributed by atoms with Crippen molar-refractivity contribution in [2.45, 2.75) is 30.3 Å². The lowest BCUT2D eigenvalue weighted by Crippen LogP contribution is -2.25. The van der Waals surface area contributed by atoms with E-state index in [2.05, 4.69) is 16.1 Å². The largest absolute Gasteiger partial charge is 0.350 e. The molecular formula is C21H17FN4O2S.